The molecule has 0 unspecified atom stereocenters. The standard InChI is InChI=1S/C22H20F3N5O5/c1-33-21(32)11-2-5-13(6-3-11)34-18-9-16(25)17(10-26-18)28-19(31)20-29-30-22(35-20)27-12-4-7-14(23)15(24)8-12/h4,7-11,13H,2-3,5-6H2,1H3,(H,27,30)(H,28,31)/t11-,13-. The summed E-state index contributed by atoms with van der Waals surface area (Å²) in [5.41, 5.74) is -0.130. The molecule has 0 bridgehead atoms. The second-order valence-electron chi connectivity index (χ2n) is 7.74. The predicted molar refractivity (Wildman–Crippen MR) is 114 cm³/mol. The van der Waals surface area contributed by atoms with Crippen LogP contribution in [0.2, 0.25) is 0 Å². The molecule has 2 aromatic heterocycles. The molecule has 0 spiro atoms. The first-order chi connectivity index (χ1) is 16.8. The van der Waals surface area contributed by atoms with Gasteiger partial charge in [-0.3, -0.25) is 9.59 Å². The first kappa shape index (κ1) is 24.0. The number of hydrogen-bond acceptors (Lipinski definition) is 9. The second kappa shape index (κ2) is 10.4. The van der Waals surface area contributed by atoms with Gasteiger partial charge in [-0.2, -0.15) is 0 Å². The lowest BCUT2D eigenvalue weighted by atomic mass is 9.87. The van der Waals surface area contributed by atoms with Crippen LogP contribution in [0.15, 0.2) is 34.9 Å². The van der Waals surface area contributed by atoms with Crippen LogP contribution in [0, 0.1) is 23.4 Å². The van der Waals surface area contributed by atoms with E-state index in [2.05, 4.69) is 25.8 Å². The van der Waals surface area contributed by atoms with Gasteiger partial charge < -0.3 is 24.5 Å². The number of pyridine rings is 1. The Balaban J connectivity index is 1.33. The molecule has 1 aliphatic carbocycles. The Morgan fingerprint density at radius 1 is 1.03 bits per heavy atom. The van der Waals surface area contributed by atoms with Crippen molar-refractivity contribution < 1.29 is 36.7 Å². The molecule has 13 heteroatoms. The number of benzene rings is 1. The lowest BCUT2D eigenvalue weighted by Gasteiger charge is -2.27. The van der Waals surface area contributed by atoms with Crippen molar-refractivity contribution in [3.05, 3.63) is 53.8 Å². The fourth-order valence-corrected chi connectivity index (χ4v) is 3.56. The SMILES string of the molecule is COC(=O)[C@H]1CC[C@H](Oc2cc(F)c(NC(=O)c3nnc(Nc4ccc(F)c(F)c4)o3)cn2)CC1. The van der Waals surface area contributed by atoms with Crippen LogP contribution in [0.25, 0.3) is 0 Å². The first-order valence-corrected chi connectivity index (χ1v) is 10.6. The zero-order valence-corrected chi connectivity index (χ0v) is 18.4. The highest BCUT2D eigenvalue weighted by Gasteiger charge is 2.28. The number of hydrogen-bond donors (Lipinski definition) is 2. The van der Waals surface area contributed by atoms with E-state index in [0.29, 0.717) is 25.7 Å². The number of carbonyl (C=O) groups excluding carboxylic acids is 2. The van der Waals surface area contributed by atoms with Gasteiger partial charge in [0.15, 0.2) is 17.5 Å². The number of methoxy groups -OCH3 is 1. The van der Waals surface area contributed by atoms with Gasteiger partial charge in [0.25, 0.3) is 0 Å². The number of halogens is 3. The second-order valence-corrected chi connectivity index (χ2v) is 7.74. The molecule has 184 valence electrons. The van der Waals surface area contributed by atoms with E-state index in [1.807, 2.05) is 0 Å². The Labute approximate surface area is 196 Å². The molecule has 1 amide bonds. The average molecular weight is 491 g/mol. The Hall–Kier alpha value is -4.16. The molecule has 0 atom stereocenters. The van der Waals surface area contributed by atoms with Crippen LogP contribution in [0.4, 0.5) is 30.6 Å². The van der Waals surface area contributed by atoms with Gasteiger partial charge in [-0.05, 0) is 37.8 Å². The van der Waals surface area contributed by atoms with E-state index in [1.54, 1.807) is 0 Å². The summed E-state index contributed by atoms with van der Waals surface area (Å²) in [6, 6.07) is 3.78. The molecule has 35 heavy (non-hydrogen) atoms. The molecule has 1 aliphatic rings. The van der Waals surface area contributed by atoms with Crippen molar-refractivity contribution in [2.24, 2.45) is 5.92 Å². The molecule has 3 aromatic rings. The number of aromatic nitrogens is 3. The summed E-state index contributed by atoms with van der Waals surface area (Å²) >= 11 is 0. The number of anilines is 3. The average Bonchev–Trinajstić information content (AvgIpc) is 3.32. The first-order valence-electron chi connectivity index (χ1n) is 10.6. The summed E-state index contributed by atoms with van der Waals surface area (Å²) in [6.07, 6.45) is 3.26. The third-order valence-electron chi connectivity index (χ3n) is 5.36. The lowest BCUT2D eigenvalue weighted by Crippen LogP contribution is -2.28. The van der Waals surface area contributed by atoms with E-state index in [0.717, 1.165) is 24.4 Å². The Bertz CT molecular complexity index is 1230. The number of nitrogens with one attached hydrogen (secondary N) is 2. The van der Waals surface area contributed by atoms with Crippen molar-refractivity contribution in [1.29, 1.82) is 0 Å². The number of esters is 1. The fraction of sp³-hybridized carbons (Fsp3) is 0.318. The number of carbonyl (C=O) groups is 2. The number of ether oxygens (including phenoxy) is 2. The fourth-order valence-electron chi connectivity index (χ4n) is 3.56. The molecular formula is C22H20F3N5O5. The molecule has 0 saturated heterocycles. The van der Waals surface area contributed by atoms with Crippen LogP contribution in [0.3, 0.4) is 0 Å². The van der Waals surface area contributed by atoms with Crippen LogP contribution in [-0.4, -0.2) is 40.3 Å². The van der Waals surface area contributed by atoms with E-state index in [9.17, 15) is 22.8 Å². The minimum atomic E-state index is -1.09. The summed E-state index contributed by atoms with van der Waals surface area (Å²) in [6.45, 7) is 0. The number of rotatable bonds is 7. The number of amides is 1. The molecule has 0 aliphatic heterocycles. The van der Waals surface area contributed by atoms with E-state index in [-0.39, 0.29) is 41.3 Å². The Morgan fingerprint density at radius 3 is 2.49 bits per heavy atom. The molecule has 1 fully saturated rings. The molecule has 1 saturated carbocycles. The maximum absolute atomic E-state index is 14.5. The molecule has 1 aromatic carbocycles. The van der Waals surface area contributed by atoms with Crippen LogP contribution in [-0.2, 0) is 9.53 Å². The Kier molecular flexibility index (Phi) is 7.13. The minimum Gasteiger partial charge on any atom is -0.474 e. The smallest absolute Gasteiger partial charge is 0.320 e. The third kappa shape index (κ3) is 5.86. The van der Waals surface area contributed by atoms with E-state index < -0.39 is 29.2 Å². The van der Waals surface area contributed by atoms with Gasteiger partial charge in [0.1, 0.15) is 6.10 Å². The largest absolute Gasteiger partial charge is 0.474 e. The van der Waals surface area contributed by atoms with Crippen molar-refractivity contribution >= 4 is 29.3 Å². The summed E-state index contributed by atoms with van der Waals surface area (Å²) < 4.78 is 56.4. The molecule has 0 radical (unpaired) electrons. The summed E-state index contributed by atoms with van der Waals surface area (Å²) in [4.78, 5) is 28.0. The van der Waals surface area contributed by atoms with Crippen LogP contribution in [0.1, 0.15) is 36.4 Å². The van der Waals surface area contributed by atoms with Gasteiger partial charge in [-0.15, -0.1) is 5.10 Å². The van der Waals surface area contributed by atoms with Crippen LogP contribution >= 0.6 is 0 Å². The monoisotopic (exact) mass is 491 g/mol. The van der Waals surface area contributed by atoms with Crippen molar-refractivity contribution in [2.75, 3.05) is 17.7 Å². The van der Waals surface area contributed by atoms with Crippen molar-refractivity contribution in [2.45, 2.75) is 31.8 Å². The molecule has 2 heterocycles. The van der Waals surface area contributed by atoms with E-state index in [1.165, 1.54) is 13.2 Å². The maximum Gasteiger partial charge on any atom is 0.320 e. The highest BCUT2D eigenvalue weighted by atomic mass is 19.2. The van der Waals surface area contributed by atoms with Crippen LogP contribution in [0.5, 0.6) is 5.88 Å². The van der Waals surface area contributed by atoms with Gasteiger partial charge in [0.05, 0.1) is 24.9 Å². The minimum absolute atomic E-state index is 0.0397. The number of nitrogens with zero attached hydrogens (tertiary/aromatic N) is 3. The normalized spacial score (nSPS) is 17.5. The predicted octanol–water partition coefficient (Wildman–Crippen LogP) is 3.99. The topological polar surface area (TPSA) is 128 Å². The zero-order chi connectivity index (χ0) is 24.9. The zero-order valence-electron chi connectivity index (χ0n) is 18.4. The third-order valence-corrected chi connectivity index (χ3v) is 5.36. The van der Waals surface area contributed by atoms with Gasteiger partial charge in [0.2, 0.25) is 5.88 Å². The quantitative estimate of drug-likeness (QED) is 0.472. The van der Waals surface area contributed by atoms with Gasteiger partial charge in [0, 0.05) is 17.8 Å². The summed E-state index contributed by atoms with van der Waals surface area (Å²) in [7, 11) is 1.35. The van der Waals surface area contributed by atoms with Crippen molar-refractivity contribution in [3.63, 3.8) is 0 Å². The summed E-state index contributed by atoms with van der Waals surface area (Å²) in [5.74, 6) is -4.70. The lowest BCUT2D eigenvalue weighted by molar-refractivity contribution is -0.147. The molecule has 10 nitrogen and oxygen atoms in total. The Morgan fingerprint density at radius 2 is 1.80 bits per heavy atom. The van der Waals surface area contributed by atoms with Gasteiger partial charge in [-0.1, -0.05) is 5.10 Å². The van der Waals surface area contributed by atoms with E-state index >= 15 is 0 Å². The van der Waals surface area contributed by atoms with Gasteiger partial charge >= 0.3 is 23.8 Å². The highest BCUT2D eigenvalue weighted by molar-refractivity contribution is 6.00. The van der Waals surface area contributed by atoms with E-state index in [4.69, 9.17) is 13.9 Å². The molecular weight excluding hydrogens is 471 g/mol. The molecule has 2 N–H and O–H groups in total. The van der Waals surface area contributed by atoms with Crippen molar-refractivity contribution in [3.8, 4) is 5.88 Å². The maximum atomic E-state index is 14.5. The molecule has 4 rings (SSSR count). The highest BCUT2D eigenvalue weighted by Crippen LogP contribution is 2.29. The van der Waals surface area contributed by atoms with Crippen molar-refractivity contribution in [1.82, 2.24) is 15.2 Å². The van der Waals surface area contributed by atoms with Crippen LogP contribution < -0.4 is 15.4 Å². The summed E-state index contributed by atoms with van der Waals surface area (Å²) in [5, 5.41) is 11.9. The van der Waals surface area contributed by atoms with Gasteiger partial charge in [-0.25, -0.2) is 18.2 Å².